The largest absolute Gasteiger partial charge is 0.309 e. The molecule has 0 spiro atoms. The second kappa shape index (κ2) is 5.82. The molecule has 0 bridgehead atoms. The number of hydrogen-bond acceptors (Lipinski definition) is 4. The fraction of sp³-hybridized carbons (Fsp3) is 0.556. The SMILES string of the molecule is CN(C)CCCSc1nccc(=O)[nH]1. The van der Waals surface area contributed by atoms with E-state index in [9.17, 15) is 4.79 Å². The predicted molar refractivity (Wildman–Crippen MR) is 58.8 cm³/mol. The van der Waals surface area contributed by atoms with Crippen LogP contribution in [0.25, 0.3) is 0 Å². The van der Waals surface area contributed by atoms with Gasteiger partial charge in [0, 0.05) is 18.0 Å². The lowest BCUT2D eigenvalue weighted by atomic mass is 10.5. The van der Waals surface area contributed by atoms with Crippen molar-refractivity contribution in [3.63, 3.8) is 0 Å². The van der Waals surface area contributed by atoms with Crippen LogP contribution >= 0.6 is 11.8 Å². The highest BCUT2D eigenvalue weighted by molar-refractivity contribution is 7.99. The van der Waals surface area contributed by atoms with Gasteiger partial charge in [0.05, 0.1) is 0 Å². The van der Waals surface area contributed by atoms with Gasteiger partial charge in [-0.25, -0.2) is 4.98 Å². The first kappa shape index (κ1) is 11.3. The average Bonchev–Trinajstić information content (AvgIpc) is 2.12. The summed E-state index contributed by atoms with van der Waals surface area (Å²) in [4.78, 5) is 19.8. The second-order valence-electron chi connectivity index (χ2n) is 3.24. The molecule has 1 rings (SSSR count). The van der Waals surface area contributed by atoms with Crippen molar-refractivity contribution in [2.24, 2.45) is 0 Å². The number of rotatable bonds is 5. The summed E-state index contributed by atoms with van der Waals surface area (Å²) in [7, 11) is 4.10. The van der Waals surface area contributed by atoms with Crippen LogP contribution in [-0.2, 0) is 0 Å². The zero-order chi connectivity index (χ0) is 10.4. The van der Waals surface area contributed by atoms with Crippen molar-refractivity contribution in [2.45, 2.75) is 11.6 Å². The Balaban J connectivity index is 2.28. The van der Waals surface area contributed by atoms with E-state index in [1.807, 2.05) is 14.1 Å². The molecule has 0 amide bonds. The van der Waals surface area contributed by atoms with Crippen LogP contribution < -0.4 is 5.56 Å². The molecule has 0 fully saturated rings. The van der Waals surface area contributed by atoms with Crippen LogP contribution in [0.4, 0.5) is 0 Å². The van der Waals surface area contributed by atoms with Gasteiger partial charge in [-0.2, -0.15) is 0 Å². The zero-order valence-corrected chi connectivity index (χ0v) is 9.30. The summed E-state index contributed by atoms with van der Waals surface area (Å²) in [6, 6.07) is 1.42. The van der Waals surface area contributed by atoms with Gasteiger partial charge < -0.3 is 9.88 Å². The van der Waals surface area contributed by atoms with E-state index < -0.39 is 0 Å². The highest BCUT2D eigenvalue weighted by atomic mass is 32.2. The molecule has 0 saturated heterocycles. The first-order valence-corrected chi connectivity index (χ1v) is 5.50. The number of nitrogens with one attached hydrogen (secondary N) is 1. The lowest BCUT2D eigenvalue weighted by Crippen LogP contribution is -2.13. The topological polar surface area (TPSA) is 49.0 Å². The Hall–Kier alpha value is -0.810. The van der Waals surface area contributed by atoms with E-state index in [4.69, 9.17) is 0 Å². The molecule has 0 aliphatic heterocycles. The fourth-order valence-electron chi connectivity index (χ4n) is 0.975. The Kier molecular flexibility index (Phi) is 4.69. The Morgan fingerprint density at radius 2 is 2.36 bits per heavy atom. The molecule has 78 valence electrons. The van der Waals surface area contributed by atoms with Gasteiger partial charge in [0.1, 0.15) is 0 Å². The first-order valence-electron chi connectivity index (χ1n) is 4.51. The molecule has 0 aliphatic rings. The minimum atomic E-state index is -0.0879. The molecule has 0 aliphatic carbocycles. The number of aromatic amines is 1. The molecule has 1 aromatic rings. The molecule has 5 heteroatoms. The van der Waals surface area contributed by atoms with Gasteiger partial charge in [0.25, 0.3) is 5.56 Å². The Morgan fingerprint density at radius 1 is 1.57 bits per heavy atom. The van der Waals surface area contributed by atoms with Crippen molar-refractivity contribution in [3.8, 4) is 0 Å². The van der Waals surface area contributed by atoms with Crippen LogP contribution in [-0.4, -0.2) is 41.3 Å². The van der Waals surface area contributed by atoms with Gasteiger partial charge in [-0.1, -0.05) is 11.8 Å². The van der Waals surface area contributed by atoms with Crippen molar-refractivity contribution in [3.05, 3.63) is 22.6 Å². The molecule has 0 aromatic carbocycles. The molecule has 1 aromatic heterocycles. The normalized spacial score (nSPS) is 10.8. The third kappa shape index (κ3) is 4.43. The van der Waals surface area contributed by atoms with Gasteiger partial charge in [0.2, 0.25) is 0 Å². The highest BCUT2D eigenvalue weighted by Gasteiger charge is 1.96. The number of hydrogen-bond donors (Lipinski definition) is 1. The monoisotopic (exact) mass is 213 g/mol. The molecular weight excluding hydrogens is 198 g/mol. The minimum absolute atomic E-state index is 0.0879. The van der Waals surface area contributed by atoms with E-state index >= 15 is 0 Å². The second-order valence-corrected chi connectivity index (χ2v) is 4.33. The van der Waals surface area contributed by atoms with E-state index in [1.54, 1.807) is 11.8 Å². The standard InChI is InChI=1S/C9H15N3OS/c1-12(2)6-3-7-14-9-10-5-4-8(13)11-9/h4-5H,3,6-7H2,1-2H3,(H,10,11,13). The molecule has 0 atom stereocenters. The van der Waals surface area contributed by atoms with Gasteiger partial charge >= 0.3 is 0 Å². The quantitative estimate of drug-likeness (QED) is 0.447. The van der Waals surface area contributed by atoms with Crippen molar-refractivity contribution in [2.75, 3.05) is 26.4 Å². The van der Waals surface area contributed by atoms with E-state index in [0.717, 1.165) is 18.7 Å². The summed E-state index contributed by atoms with van der Waals surface area (Å²) >= 11 is 1.58. The van der Waals surface area contributed by atoms with Crippen LogP contribution in [0.3, 0.4) is 0 Å². The summed E-state index contributed by atoms with van der Waals surface area (Å²) in [6.07, 6.45) is 2.63. The highest BCUT2D eigenvalue weighted by Crippen LogP contribution is 2.10. The van der Waals surface area contributed by atoms with Crippen LogP contribution in [0, 0.1) is 0 Å². The smallest absolute Gasteiger partial charge is 0.251 e. The third-order valence-electron chi connectivity index (χ3n) is 1.64. The van der Waals surface area contributed by atoms with Crippen molar-refractivity contribution in [1.82, 2.24) is 14.9 Å². The molecule has 0 unspecified atom stereocenters. The maximum Gasteiger partial charge on any atom is 0.251 e. The third-order valence-corrected chi connectivity index (χ3v) is 2.61. The number of H-pyrrole nitrogens is 1. The molecular formula is C9H15N3OS. The van der Waals surface area contributed by atoms with Gasteiger partial charge in [-0.05, 0) is 27.1 Å². The maximum absolute atomic E-state index is 10.9. The summed E-state index contributed by atoms with van der Waals surface area (Å²) in [6.45, 7) is 1.06. The summed E-state index contributed by atoms with van der Waals surface area (Å²) in [5.41, 5.74) is -0.0879. The van der Waals surface area contributed by atoms with Crippen LogP contribution in [0.5, 0.6) is 0 Å². The van der Waals surface area contributed by atoms with Crippen molar-refractivity contribution >= 4 is 11.8 Å². The Labute approximate surface area is 87.7 Å². The van der Waals surface area contributed by atoms with Gasteiger partial charge in [-0.3, -0.25) is 4.79 Å². The van der Waals surface area contributed by atoms with Crippen LogP contribution in [0.1, 0.15) is 6.42 Å². The fourth-order valence-corrected chi connectivity index (χ4v) is 1.75. The van der Waals surface area contributed by atoms with Crippen LogP contribution in [0.2, 0.25) is 0 Å². The molecule has 0 radical (unpaired) electrons. The zero-order valence-electron chi connectivity index (χ0n) is 8.49. The number of thioether (sulfide) groups is 1. The molecule has 4 nitrogen and oxygen atoms in total. The van der Waals surface area contributed by atoms with E-state index in [2.05, 4.69) is 14.9 Å². The number of aromatic nitrogens is 2. The van der Waals surface area contributed by atoms with E-state index in [0.29, 0.717) is 5.16 Å². The lowest BCUT2D eigenvalue weighted by Gasteiger charge is -2.07. The average molecular weight is 213 g/mol. The number of nitrogens with zero attached hydrogens (tertiary/aromatic N) is 2. The molecule has 1 heterocycles. The van der Waals surface area contributed by atoms with Crippen molar-refractivity contribution < 1.29 is 0 Å². The van der Waals surface area contributed by atoms with E-state index in [1.165, 1.54) is 12.3 Å². The lowest BCUT2D eigenvalue weighted by molar-refractivity contribution is 0.410. The molecule has 1 N–H and O–H groups in total. The van der Waals surface area contributed by atoms with Gasteiger partial charge in [0.15, 0.2) is 5.16 Å². The van der Waals surface area contributed by atoms with Crippen LogP contribution in [0.15, 0.2) is 22.2 Å². The summed E-state index contributed by atoms with van der Waals surface area (Å²) in [5, 5.41) is 0.705. The maximum atomic E-state index is 10.9. The Morgan fingerprint density at radius 3 is 3.00 bits per heavy atom. The predicted octanol–water partition coefficient (Wildman–Crippen LogP) is 0.814. The van der Waals surface area contributed by atoms with Gasteiger partial charge in [-0.15, -0.1) is 0 Å². The molecule has 0 saturated carbocycles. The van der Waals surface area contributed by atoms with Crippen molar-refractivity contribution in [1.29, 1.82) is 0 Å². The first-order chi connectivity index (χ1) is 6.68. The molecule has 14 heavy (non-hydrogen) atoms. The van der Waals surface area contributed by atoms with E-state index in [-0.39, 0.29) is 5.56 Å². The minimum Gasteiger partial charge on any atom is -0.309 e. The Bertz CT molecular complexity index is 324. The summed E-state index contributed by atoms with van der Waals surface area (Å²) < 4.78 is 0. The summed E-state index contributed by atoms with van der Waals surface area (Å²) in [5.74, 6) is 0.977.